The average Bonchev–Trinajstić information content (AvgIpc) is 3.10. The van der Waals surface area contributed by atoms with Gasteiger partial charge in [0.1, 0.15) is 5.75 Å². The van der Waals surface area contributed by atoms with Crippen LogP contribution < -0.4 is 10.1 Å². The van der Waals surface area contributed by atoms with Crippen LogP contribution in [0.15, 0.2) is 48.5 Å². The van der Waals surface area contributed by atoms with Gasteiger partial charge in [-0.2, -0.15) is 0 Å². The summed E-state index contributed by atoms with van der Waals surface area (Å²) in [7, 11) is 1.69. The van der Waals surface area contributed by atoms with E-state index in [-0.39, 0.29) is 12.1 Å². The summed E-state index contributed by atoms with van der Waals surface area (Å²) in [4.78, 5) is 16.7. The van der Waals surface area contributed by atoms with E-state index in [0.29, 0.717) is 12.5 Å². The number of carbonyl (C=O) groups excluding carboxylic acids is 1. The van der Waals surface area contributed by atoms with Crippen molar-refractivity contribution in [2.45, 2.75) is 31.8 Å². The van der Waals surface area contributed by atoms with Gasteiger partial charge in [-0.1, -0.05) is 41.9 Å². The summed E-state index contributed by atoms with van der Waals surface area (Å²) in [5, 5.41) is 3.98. The standard InChI is InChI=1S/C24H30ClN3O2/c1-30-22-7-8-23(25)20(14-22)13-18-9-11-27(12-10-18)16-21-17-28(24(29)26-21)15-19-5-3-2-4-6-19/h2-8,14,18,21H,9-13,15-17H2,1H3,(H,26,29). The van der Waals surface area contributed by atoms with Gasteiger partial charge in [-0.15, -0.1) is 0 Å². The van der Waals surface area contributed by atoms with Gasteiger partial charge in [0.25, 0.3) is 0 Å². The molecule has 1 atom stereocenters. The normalized spacial score (nSPS) is 20.4. The van der Waals surface area contributed by atoms with E-state index in [4.69, 9.17) is 16.3 Å². The fourth-order valence-electron chi connectivity index (χ4n) is 4.53. The Morgan fingerprint density at radius 1 is 1.13 bits per heavy atom. The zero-order chi connectivity index (χ0) is 20.9. The van der Waals surface area contributed by atoms with Crippen LogP contribution in [0.4, 0.5) is 4.79 Å². The lowest BCUT2D eigenvalue weighted by Crippen LogP contribution is -2.43. The Balaban J connectivity index is 1.24. The number of amides is 2. The quantitative estimate of drug-likeness (QED) is 0.720. The lowest BCUT2D eigenvalue weighted by molar-refractivity contribution is 0.171. The second-order valence-corrected chi connectivity index (χ2v) is 8.83. The molecule has 1 unspecified atom stereocenters. The number of benzene rings is 2. The molecule has 2 aromatic rings. The van der Waals surface area contributed by atoms with Crippen LogP contribution in [0.2, 0.25) is 5.02 Å². The van der Waals surface area contributed by atoms with E-state index in [9.17, 15) is 4.79 Å². The highest BCUT2D eigenvalue weighted by Crippen LogP contribution is 2.28. The third-order valence-corrected chi connectivity index (χ3v) is 6.59. The topological polar surface area (TPSA) is 44.8 Å². The molecule has 0 bridgehead atoms. The van der Waals surface area contributed by atoms with Gasteiger partial charge in [0.05, 0.1) is 13.2 Å². The van der Waals surface area contributed by atoms with E-state index in [0.717, 1.165) is 56.2 Å². The molecular formula is C24H30ClN3O2. The predicted octanol–water partition coefficient (Wildman–Crippen LogP) is 4.20. The molecule has 2 saturated heterocycles. The number of piperidine rings is 1. The Morgan fingerprint density at radius 3 is 2.63 bits per heavy atom. The maximum atomic E-state index is 12.3. The van der Waals surface area contributed by atoms with Crippen molar-refractivity contribution < 1.29 is 9.53 Å². The van der Waals surface area contributed by atoms with Crippen LogP contribution in [0.25, 0.3) is 0 Å². The third kappa shape index (κ3) is 5.27. The molecule has 5 nitrogen and oxygen atoms in total. The van der Waals surface area contributed by atoms with E-state index in [1.807, 2.05) is 35.2 Å². The molecule has 0 spiro atoms. The fourth-order valence-corrected chi connectivity index (χ4v) is 4.73. The van der Waals surface area contributed by atoms with Crippen LogP contribution in [0, 0.1) is 5.92 Å². The van der Waals surface area contributed by atoms with Gasteiger partial charge in [-0.05, 0) is 67.6 Å². The van der Waals surface area contributed by atoms with Gasteiger partial charge in [0, 0.05) is 24.7 Å². The largest absolute Gasteiger partial charge is 0.497 e. The minimum Gasteiger partial charge on any atom is -0.497 e. The molecule has 2 amide bonds. The van der Waals surface area contributed by atoms with Crippen molar-refractivity contribution in [2.24, 2.45) is 5.92 Å². The number of methoxy groups -OCH3 is 1. The molecule has 0 saturated carbocycles. The van der Waals surface area contributed by atoms with Crippen molar-refractivity contribution >= 4 is 17.6 Å². The molecule has 0 radical (unpaired) electrons. The fraction of sp³-hybridized carbons (Fsp3) is 0.458. The molecule has 0 aliphatic carbocycles. The van der Waals surface area contributed by atoms with Crippen LogP contribution >= 0.6 is 11.6 Å². The maximum Gasteiger partial charge on any atom is 0.318 e. The summed E-state index contributed by atoms with van der Waals surface area (Å²) < 4.78 is 5.34. The number of nitrogens with one attached hydrogen (secondary N) is 1. The number of likely N-dealkylation sites (tertiary alicyclic amines) is 1. The zero-order valence-electron chi connectivity index (χ0n) is 17.5. The number of halogens is 1. The van der Waals surface area contributed by atoms with Crippen LogP contribution in [0.3, 0.4) is 0 Å². The molecule has 30 heavy (non-hydrogen) atoms. The smallest absolute Gasteiger partial charge is 0.318 e. The summed E-state index contributed by atoms with van der Waals surface area (Å²) in [6.07, 6.45) is 3.30. The molecule has 6 heteroatoms. The van der Waals surface area contributed by atoms with Crippen molar-refractivity contribution in [3.8, 4) is 5.75 Å². The predicted molar refractivity (Wildman–Crippen MR) is 120 cm³/mol. The zero-order valence-corrected chi connectivity index (χ0v) is 18.3. The summed E-state index contributed by atoms with van der Waals surface area (Å²) in [6, 6.07) is 16.3. The minimum absolute atomic E-state index is 0.0476. The van der Waals surface area contributed by atoms with Crippen molar-refractivity contribution in [1.29, 1.82) is 0 Å². The Bertz CT molecular complexity index is 853. The molecule has 2 fully saturated rings. The number of hydrogen-bond acceptors (Lipinski definition) is 3. The number of urea groups is 1. The van der Waals surface area contributed by atoms with E-state index >= 15 is 0 Å². The van der Waals surface area contributed by atoms with Gasteiger partial charge in [0.15, 0.2) is 0 Å². The van der Waals surface area contributed by atoms with Crippen LogP contribution in [0.1, 0.15) is 24.0 Å². The van der Waals surface area contributed by atoms with E-state index in [1.54, 1.807) is 7.11 Å². The third-order valence-electron chi connectivity index (χ3n) is 6.22. The lowest BCUT2D eigenvalue weighted by Gasteiger charge is -2.33. The van der Waals surface area contributed by atoms with Gasteiger partial charge in [0.2, 0.25) is 0 Å². The average molecular weight is 428 g/mol. The maximum absolute atomic E-state index is 12.3. The molecule has 2 heterocycles. The highest BCUT2D eigenvalue weighted by molar-refractivity contribution is 6.31. The summed E-state index contributed by atoms with van der Waals surface area (Å²) in [6.45, 7) is 4.50. The first-order valence-electron chi connectivity index (χ1n) is 10.7. The number of rotatable bonds is 7. The van der Waals surface area contributed by atoms with E-state index < -0.39 is 0 Å². The SMILES string of the molecule is COc1ccc(Cl)c(CC2CCN(CC3CN(Cc4ccccc4)C(=O)N3)CC2)c1. The van der Waals surface area contributed by atoms with Crippen LogP contribution in [-0.2, 0) is 13.0 Å². The number of carbonyl (C=O) groups is 1. The first-order chi connectivity index (χ1) is 14.6. The molecule has 2 aromatic carbocycles. The molecule has 2 aliphatic rings. The highest BCUT2D eigenvalue weighted by Gasteiger charge is 2.31. The van der Waals surface area contributed by atoms with E-state index in [2.05, 4.69) is 28.4 Å². The van der Waals surface area contributed by atoms with Crippen molar-refractivity contribution in [1.82, 2.24) is 15.1 Å². The number of nitrogens with zero attached hydrogens (tertiary/aromatic N) is 2. The summed E-state index contributed by atoms with van der Waals surface area (Å²) >= 11 is 6.39. The summed E-state index contributed by atoms with van der Waals surface area (Å²) in [5.74, 6) is 1.50. The second kappa shape index (κ2) is 9.71. The molecule has 0 aromatic heterocycles. The molecule has 160 valence electrons. The first kappa shape index (κ1) is 21.0. The van der Waals surface area contributed by atoms with Gasteiger partial charge in [-0.3, -0.25) is 0 Å². The molecule has 1 N–H and O–H groups in total. The molecular weight excluding hydrogens is 398 g/mol. The van der Waals surface area contributed by atoms with Gasteiger partial charge < -0.3 is 19.9 Å². The van der Waals surface area contributed by atoms with Crippen LogP contribution in [0.5, 0.6) is 5.75 Å². The lowest BCUT2D eigenvalue weighted by atomic mass is 9.90. The number of hydrogen-bond donors (Lipinski definition) is 1. The second-order valence-electron chi connectivity index (χ2n) is 8.42. The highest BCUT2D eigenvalue weighted by atomic mass is 35.5. The Hall–Kier alpha value is -2.24. The monoisotopic (exact) mass is 427 g/mol. The molecule has 4 rings (SSSR count). The molecule has 2 aliphatic heterocycles. The Kier molecular flexibility index (Phi) is 6.80. The Labute approximate surface area is 184 Å². The number of ether oxygens (including phenoxy) is 1. The minimum atomic E-state index is 0.0476. The van der Waals surface area contributed by atoms with Crippen molar-refractivity contribution in [3.05, 3.63) is 64.7 Å². The summed E-state index contributed by atoms with van der Waals surface area (Å²) in [5.41, 5.74) is 2.35. The first-order valence-corrected chi connectivity index (χ1v) is 11.1. The van der Waals surface area contributed by atoms with Crippen LogP contribution in [-0.4, -0.2) is 55.2 Å². The van der Waals surface area contributed by atoms with Crippen molar-refractivity contribution in [2.75, 3.05) is 33.3 Å². The Morgan fingerprint density at radius 2 is 1.90 bits per heavy atom. The van der Waals surface area contributed by atoms with Crippen molar-refractivity contribution in [3.63, 3.8) is 0 Å². The van der Waals surface area contributed by atoms with Gasteiger partial charge >= 0.3 is 6.03 Å². The van der Waals surface area contributed by atoms with E-state index in [1.165, 1.54) is 11.1 Å². The van der Waals surface area contributed by atoms with Gasteiger partial charge in [-0.25, -0.2) is 4.79 Å².